The van der Waals surface area contributed by atoms with Crippen molar-refractivity contribution < 1.29 is 18.1 Å². The molecule has 1 unspecified atom stereocenters. The van der Waals surface area contributed by atoms with Gasteiger partial charge in [-0.2, -0.15) is 0 Å². The van der Waals surface area contributed by atoms with E-state index in [0.29, 0.717) is 0 Å². The van der Waals surface area contributed by atoms with Crippen LogP contribution in [0.4, 0.5) is 0 Å². The monoisotopic (exact) mass is 471 g/mol. The van der Waals surface area contributed by atoms with Gasteiger partial charge in [-0.05, 0) is 4.57 Å². The minimum atomic E-state index is -1.35. The molecule has 0 aromatic heterocycles. The van der Waals surface area contributed by atoms with Crippen LogP contribution in [-0.4, -0.2) is 34.7 Å². The third-order valence-corrected chi connectivity index (χ3v) is 2.31. The van der Waals surface area contributed by atoms with Gasteiger partial charge in [-0.3, -0.25) is 0 Å². The summed E-state index contributed by atoms with van der Waals surface area (Å²) < 4.78 is 23.5. The first-order valence-electron chi connectivity index (χ1n) is 2.99. The second-order valence-corrected chi connectivity index (χ2v) is 4.28. The van der Waals surface area contributed by atoms with Gasteiger partial charge in [0.05, 0.1) is 7.11 Å². The first-order valence-corrected chi connectivity index (χ1v) is 12.5. The van der Waals surface area contributed by atoms with E-state index in [1.165, 1.54) is 13.8 Å². The second-order valence-electron chi connectivity index (χ2n) is 1.43. The lowest BCUT2D eigenvalue weighted by Crippen LogP contribution is -1.74. The summed E-state index contributed by atoms with van der Waals surface area (Å²) in [5.41, 5.74) is 0. The van der Waals surface area contributed by atoms with E-state index in [0.717, 1.165) is 0 Å². The fourth-order valence-corrected chi connectivity index (χ4v) is 0.224. The van der Waals surface area contributed by atoms with Crippen molar-refractivity contribution in [2.45, 2.75) is 7.43 Å². The molecule has 0 aromatic carbocycles. The maximum Gasteiger partial charge on any atom is 0.504 e. The molecule has 0 N–H and O–H groups in total. The van der Waals surface area contributed by atoms with Crippen LogP contribution >= 0.6 is 53.6 Å². The van der Waals surface area contributed by atoms with E-state index < -0.39 is 16.4 Å². The van der Waals surface area contributed by atoms with Gasteiger partial charge in [0.15, 0.2) is 15.0 Å². The summed E-state index contributed by atoms with van der Waals surface area (Å²) in [6, 6.07) is 0. The van der Waals surface area contributed by atoms with E-state index in [4.69, 9.17) is 9.05 Å². The van der Waals surface area contributed by atoms with Crippen LogP contribution in [0.1, 0.15) is 7.43 Å². The van der Waals surface area contributed by atoms with Crippen molar-refractivity contribution >= 4 is 53.6 Å². The van der Waals surface area contributed by atoms with Gasteiger partial charge >= 0.3 is 8.03 Å². The summed E-state index contributed by atoms with van der Waals surface area (Å²) >= 11 is 4.24. The van der Waals surface area contributed by atoms with Gasteiger partial charge in [0.25, 0.3) is 0 Å². The summed E-state index contributed by atoms with van der Waals surface area (Å²) in [7, 11) is 2.76. The van der Waals surface area contributed by atoms with E-state index in [9.17, 15) is 4.57 Å². The lowest BCUT2D eigenvalue weighted by Gasteiger charge is -2.01. The first kappa shape index (κ1) is 24.9. The maximum atomic E-state index is 9.74. The van der Waals surface area contributed by atoms with Crippen LogP contribution in [0.15, 0.2) is 0 Å². The second kappa shape index (κ2) is 24.2. The Hall–Kier alpha value is 1.87. The zero-order valence-electron chi connectivity index (χ0n) is 8.28. The number of hydrogen-bond acceptors (Lipinski definition) is 4. The van der Waals surface area contributed by atoms with Crippen LogP contribution in [0, 0.1) is 0 Å². The van der Waals surface area contributed by atoms with E-state index >= 15 is 0 Å². The third kappa shape index (κ3) is 37.1. The third-order valence-electron chi connectivity index (χ3n) is 0.771. The standard InChI is InChI=1S/C3H9O2P.C2H6O2P.CH4.I2/c1-4-6(3)5-2;1-4-5(2)3;;1-2/h1-3H3;1-2H3;1H4;/q;+1;;. The minimum absolute atomic E-state index is 0. The molecule has 0 saturated carbocycles. The SMILES string of the molecule is C.COP(C)OC.CO[P+](C)=O.II. The van der Waals surface area contributed by atoms with Crippen molar-refractivity contribution in [3.63, 3.8) is 0 Å². The van der Waals surface area contributed by atoms with E-state index in [1.807, 2.05) is 6.66 Å². The van der Waals surface area contributed by atoms with Gasteiger partial charge in [-0.15, -0.1) is 4.52 Å². The molecule has 90 valence electrons. The molecular weight excluding hydrogens is 452 g/mol. The number of halogens is 2. The van der Waals surface area contributed by atoms with E-state index in [-0.39, 0.29) is 7.43 Å². The molecule has 0 aromatic rings. The summed E-state index contributed by atoms with van der Waals surface area (Å²) in [5.74, 6) is 0. The highest BCUT2D eigenvalue weighted by atomic mass is 128. The number of hydrogen-bond donors (Lipinski definition) is 0. The van der Waals surface area contributed by atoms with Crippen molar-refractivity contribution in [2.24, 2.45) is 0 Å². The van der Waals surface area contributed by atoms with Gasteiger partial charge < -0.3 is 9.05 Å². The molecular formula is C6H19I2O4P2+. The largest absolute Gasteiger partial charge is 0.504 e. The average molecular weight is 471 g/mol. The predicted octanol–water partition coefficient (Wildman–Crippen LogP) is 4.63. The first-order chi connectivity index (χ1) is 6.08. The van der Waals surface area contributed by atoms with Gasteiger partial charge in [0, 0.05) is 58.1 Å². The normalized spacial score (nSPS) is 8.71. The summed E-state index contributed by atoms with van der Waals surface area (Å²) in [4.78, 5) is 0. The lowest BCUT2D eigenvalue weighted by molar-refractivity contribution is 0.346. The summed E-state index contributed by atoms with van der Waals surface area (Å²) in [6.07, 6.45) is 0. The molecule has 0 heterocycles. The highest BCUT2D eigenvalue weighted by Gasteiger charge is 1.96. The molecule has 0 saturated heterocycles. The quantitative estimate of drug-likeness (QED) is 0.445. The fourth-order valence-electron chi connectivity index (χ4n) is 0.0745. The number of rotatable bonds is 3. The summed E-state index contributed by atoms with van der Waals surface area (Å²) in [5, 5.41) is 0. The minimum Gasteiger partial charge on any atom is -0.338 e. The molecule has 0 fully saturated rings. The average Bonchev–Trinajstić information content (AvgIpc) is 2.20. The van der Waals surface area contributed by atoms with Crippen molar-refractivity contribution in [1.82, 2.24) is 0 Å². The molecule has 1 atom stereocenters. The van der Waals surface area contributed by atoms with Gasteiger partial charge in [-0.25, -0.2) is 0 Å². The van der Waals surface area contributed by atoms with Crippen LogP contribution in [0.5, 0.6) is 0 Å². The van der Waals surface area contributed by atoms with Gasteiger partial charge in [0.1, 0.15) is 0 Å². The van der Waals surface area contributed by atoms with Gasteiger partial charge in [-0.1, -0.05) is 7.43 Å². The molecule has 14 heavy (non-hydrogen) atoms. The van der Waals surface area contributed by atoms with Crippen LogP contribution < -0.4 is 0 Å². The molecule has 0 bridgehead atoms. The topological polar surface area (TPSA) is 44.8 Å². The predicted molar refractivity (Wildman–Crippen MR) is 82.2 cm³/mol. The van der Waals surface area contributed by atoms with Crippen molar-refractivity contribution in [3.05, 3.63) is 0 Å². The molecule has 0 radical (unpaired) electrons. The van der Waals surface area contributed by atoms with E-state index in [1.54, 1.807) is 14.2 Å². The molecule has 0 aliphatic carbocycles. The Morgan fingerprint density at radius 3 is 1.36 bits per heavy atom. The zero-order valence-corrected chi connectivity index (χ0v) is 14.4. The molecule has 4 nitrogen and oxygen atoms in total. The Morgan fingerprint density at radius 1 is 1.14 bits per heavy atom. The zero-order chi connectivity index (χ0) is 11.3. The van der Waals surface area contributed by atoms with Crippen LogP contribution in [-0.2, 0) is 18.1 Å². The van der Waals surface area contributed by atoms with Crippen LogP contribution in [0.25, 0.3) is 0 Å². The maximum absolute atomic E-state index is 9.74. The van der Waals surface area contributed by atoms with Crippen molar-refractivity contribution in [3.8, 4) is 0 Å². The molecule has 8 heteroatoms. The van der Waals surface area contributed by atoms with E-state index in [2.05, 4.69) is 41.8 Å². The van der Waals surface area contributed by atoms with Gasteiger partial charge in [0.2, 0.25) is 0 Å². The smallest absolute Gasteiger partial charge is 0.338 e. The Bertz CT molecular complexity index is 104. The van der Waals surface area contributed by atoms with Crippen LogP contribution in [0.3, 0.4) is 0 Å². The highest BCUT2D eigenvalue weighted by Crippen LogP contribution is 2.29. The Kier molecular flexibility index (Phi) is 43.1. The Morgan fingerprint density at radius 2 is 1.36 bits per heavy atom. The highest BCUT2D eigenvalue weighted by molar-refractivity contribution is 15.0. The van der Waals surface area contributed by atoms with Crippen molar-refractivity contribution in [1.29, 1.82) is 0 Å². The van der Waals surface area contributed by atoms with Crippen molar-refractivity contribution in [2.75, 3.05) is 34.7 Å². The lowest BCUT2D eigenvalue weighted by atomic mass is 11.8. The Balaban J connectivity index is -0.0000000576. The molecule has 0 aliphatic rings. The molecule has 0 spiro atoms. The van der Waals surface area contributed by atoms with Crippen LogP contribution in [0.2, 0.25) is 0 Å². The molecule has 0 rings (SSSR count). The Labute approximate surface area is 113 Å². The molecule has 0 aliphatic heterocycles. The fraction of sp³-hybridized carbons (Fsp3) is 1.00. The summed E-state index contributed by atoms with van der Waals surface area (Å²) in [6.45, 7) is 3.41. The molecule has 0 amide bonds.